The Labute approximate surface area is 125 Å². The van der Waals surface area contributed by atoms with Crippen molar-refractivity contribution in [1.82, 2.24) is 4.98 Å². The monoisotopic (exact) mass is 283 g/mol. The number of hydrogen-bond acceptors (Lipinski definition) is 2. The first-order valence-electron chi connectivity index (χ1n) is 7.25. The molecular weight excluding hydrogens is 262 g/mol. The van der Waals surface area contributed by atoms with Crippen molar-refractivity contribution in [3.63, 3.8) is 0 Å². The van der Waals surface area contributed by atoms with E-state index < -0.39 is 5.97 Å². The number of nitrogens with zero attached hydrogens (tertiary/aromatic N) is 1. The van der Waals surface area contributed by atoms with E-state index >= 15 is 0 Å². The number of aromatic carboxylic acids is 1. The van der Waals surface area contributed by atoms with Gasteiger partial charge in [0.25, 0.3) is 0 Å². The van der Waals surface area contributed by atoms with Gasteiger partial charge in [0.2, 0.25) is 0 Å². The minimum Gasteiger partial charge on any atom is -0.478 e. The Kier molecular flexibility index (Phi) is 4.41. The fraction of sp³-hybridized carbons (Fsp3) is 0.333. The highest BCUT2D eigenvalue weighted by Gasteiger charge is 2.20. The van der Waals surface area contributed by atoms with Gasteiger partial charge in [0, 0.05) is 5.56 Å². The van der Waals surface area contributed by atoms with Gasteiger partial charge in [0.15, 0.2) is 0 Å². The molecule has 0 saturated carbocycles. The maximum Gasteiger partial charge on any atom is 0.337 e. The number of carboxylic acid groups (broad SMARTS) is 1. The predicted molar refractivity (Wildman–Crippen MR) is 84.8 cm³/mol. The molecule has 3 nitrogen and oxygen atoms in total. The first-order chi connectivity index (χ1) is 9.91. The van der Waals surface area contributed by atoms with Crippen LogP contribution in [0.25, 0.3) is 11.3 Å². The van der Waals surface area contributed by atoms with Crippen molar-refractivity contribution >= 4 is 5.97 Å². The second kappa shape index (κ2) is 6.08. The molecule has 3 heteroatoms. The lowest BCUT2D eigenvalue weighted by Gasteiger charge is -2.18. The maximum atomic E-state index is 11.5. The first-order valence-corrected chi connectivity index (χ1v) is 7.25. The van der Waals surface area contributed by atoms with Crippen molar-refractivity contribution in [2.75, 3.05) is 0 Å². The van der Waals surface area contributed by atoms with Gasteiger partial charge in [-0.3, -0.25) is 4.98 Å². The van der Waals surface area contributed by atoms with Crippen molar-refractivity contribution < 1.29 is 9.90 Å². The minimum absolute atomic E-state index is 0.0692. The SMILES string of the molecule is CC(C)c1cc(C(=O)O)c(C(C)C)nc1-c1ccccc1. The first kappa shape index (κ1) is 15.2. The Bertz CT molecular complexity index is 646. The molecule has 0 atom stereocenters. The van der Waals surface area contributed by atoms with Gasteiger partial charge < -0.3 is 5.11 Å². The van der Waals surface area contributed by atoms with Gasteiger partial charge in [-0.2, -0.15) is 0 Å². The van der Waals surface area contributed by atoms with Crippen LogP contribution in [0.3, 0.4) is 0 Å². The number of rotatable bonds is 4. The smallest absolute Gasteiger partial charge is 0.337 e. The topological polar surface area (TPSA) is 50.2 Å². The Balaban J connectivity index is 2.74. The molecule has 0 fully saturated rings. The van der Waals surface area contributed by atoms with Crippen molar-refractivity contribution in [3.8, 4) is 11.3 Å². The van der Waals surface area contributed by atoms with Gasteiger partial charge in [-0.15, -0.1) is 0 Å². The quantitative estimate of drug-likeness (QED) is 0.885. The van der Waals surface area contributed by atoms with Crippen LogP contribution in [0.1, 0.15) is 61.1 Å². The van der Waals surface area contributed by atoms with E-state index in [1.54, 1.807) is 6.07 Å². The van der Waals surface area contributed by atoms with E-state index in [0.29, 0.717) is 11.3 Å². The summed E-state index contributed by atoms with van der Waals surface area (Å²) in [6, 6.07) is 11.7. The largest absolute Gasteiger partial charge is 0.478 e. The fourth-order valence-corrected chi connectivity index (χ4v) is 2.42. The third-order valence-electron chi connectivity index (χ3n) is 3.53. The number of carbonyl (C=O) groups is 1. The van der Waals surface area contributed by atoms with Crippen LogP contribution < -0.4 is 0 Å². The van der Waals surface area contributed by atoms with Gasteiger partial charge in [-0.05, 0) is 23.5 Å². The number of carboxylic acids is 1. The molecule has 0 aliphatic carbocycles. The predicted octanol–water partition coefficient (Wildman–Crippen LogP) is 4.69. The van der Waals surface area contributed by atoms with Crippen molar-refractivity contribution in [1.29, 1.82) is 0 Å². The van der Waals surface area contributed by atoms with Crippen LogP contribution >= 0.6 is 0 Å². The van der Waals surface area contributed by atoms with E-state index in [0.717, 1.165) is 16.8 Å². The lowest BCUT2D eigenvalue weighted by molar-refractivity contribution is 0.0694. The summed E-state index contributed by atoms with van der Waals surface area (Å²) >= 11 is 0. The van der Waals surface area contributed by atoms with Crippen LogP contribution in [0.4, 0.5) is 0 Å². The Morgan fingerprint density at radius 2 is 1.67 bits per heavy atom. The van der Waals surface area contributed by atoms with Crippen LogP contribution in [0.2, 0.25) is 0 Å². The Hall–Kier alpha value is -2.16. The van der Waals surface area contributed by atoms with Gasteiger partial charge in [-0.25, -0.2) is 4.79 Å². The van der Waals surface area contributed by atoms with Crippen molar-refractivity contribution in [2.24, 2.45) is 0 Å². The van der Waals surface area contributed by atoms with E-state index in [1.165, 1.54) is 0 Å². The summed E-state index contributed by atoms with van der Waals surface area (Å²) in [7, 11) is 0. The molecule has 110 valence electrons. The van der Waals surface area contributed by atoms with Crippen LogP contribution in [0.15, 0.2) is 36.4 Å². The average Bonchev–Trinajstić information content (AvgIpc) is 2.46. The minimum atomic E-state index is -0.910. The lowest BCUT2D eigenvalue weighted by Crippen LogP contribution is -2.10. The van der Waals surface area contributed by atoms with Crippen molar-refractivity contribution in [2.45, 2.75) is 39.5 Å². The highest BCUT2D eigenvalue weighted by atomic mass is 16.4. The number of aromatic nitrogens is 1. The zero-order chi connectivity index (χ0) is 15.6. The van der Waals surface area contributed by atoms with Crippen molar-refractivity contribution in [3.05, 3.63) is 53.2 Å². The van der Waals surface area contributed by atoms with E-state index in [9.17, 15) is 9.90 Å². The zero-order valence-electron chi connectivity index (χ0n) is 12.9. The highest BCUT2D eigenvalue weighted by Crippen LogP contribution is 2.31. The summed E-state index contributed by atoms with van der Waals surface area (Å²) in [4.78, 5) is 16.2. The Morgan fingerprint density at radius 1 is 1.05 bits per heavy atom. The summed E-state index contributed by atoms with van der Waals surface area (Å²) in [6.07, 6.45) is 0. The lowest BCUT2D eigenvalue weighted by atomic mass is 9.92. The molecule has 0 spiro atoms. The molecule has 21 heavy (non-hydrogen) atoms. The summed E-state index contributed by atoms with van der Waals surface area (Å²) in [5.41, 5.74) is 3.85. The van der Waals surface area contributed by atoms with Gasteiger partial charge in [-0.1, -0.05) is 58.0 Å². The molecule has 1 aromatic heterocycles. The van der Waals surface area contributed by atoms with Crippen LogP contribution in [0, 0.1) is 0 Å². The van der Waals surface area contributed by atoms with E-state index in [-0.39, 0.29) is 11.8 Å². The highest BCUT2D eigenvalue weighted by molar-refractivity contribution is 5.90. The van der Waals surface area contributed by atoms with Gasteiger partial charge in [0.1, 0.15) is 0 Å². The third kappa shape index (κ3) is 3.13. The van der Waals surface area contributed by atoms with E-state index in [4.69, 9.17) is 4.98 Å². The third-order valence-corrected chi connectivity index (χ3v) is 3.53. The molecule has 0 saturated heterocycles. The van der Waals surface area contributed by atoms with E-state index in [1.807, 2.05) is 44.2 Å². The van der Waals surface area contributed by atoms with Crippen LogP contribution in [0.5, 0.6) is 0 Å². The normalized spacial score (nSPS) is 11.1. The maximum absolute atomic E-state index is 11.5. The zero-order valence-corrected chi connectivity index (χ0v) is 12.9. The van der Waals surface area contributed by atoms with E-state index in [2.05, 4.69) is 13.8 Å². The van der Waals surface area contributed by atoms with Gasteiger partial charge in [0.05, 0.1) is 17.0 Å². The second-order valence-corrected chi connectivity index (χ2v) is 5.84. The molecule has 0 radical (unpaired) electrons. The fourth-order valence-electron chi connectivity index (χ4n) is 2.42. The molecule has 1 aromatic carbocycles. The second-order valence-electron chi connectivity index (χ2n) is 5.84. The number of benzene rings is 1. The Morgan fingerprint density at radius 3 is 2.14 bits per heavy atom. The molecule has 2 aromatic rings. The molecule has 1 heterocycles. The summed E-state index contributed by atoms with van der Waals surface area (Å²) < 4.78 is 0. The number of hydrogen-bond donors (Lipinski definition) is 1. The van der Waals surface area contributed by atoms with Crippen LogP contribution in [-0.2, 0) is 0 Å². The summed E-state index contributed by atoms with van der Waals surface area (Å²) in [5.74, 6) is -0.625. The standard InChI is InChI=1S/C18H21NO2/c1-11(2)14-10-15(18(20)21)16(12(3)4)19-17(14)13-8-6-5-7-9-13/h5-12H,1-4H3,(H,20,21). The molecule has 0 aliphatic rings. The molecule has 0 bridgehead atoms. The molecule has 0 aliphatic heterocycles. The number of pyridine rings is 1. The molecule has 2 rings (SSSR count). The molecule has 0 unspecified atom stereocenters. The average molecular weight is 283 g/mol. The molecule has 1 N–H and O–H groups in total. The molecular formula is C18H21NO2. The van der Waals surface area contributed by atoms with Crippen LogP contribution in [-0.4, -0.2) is 16.1 Å². The molecule has 0 amide bonds. The summed E-state index contributed by atoms with van der Waals surface area (Å²) in [6.45, 7) is 8.06. The summed E-state index contributed by atoms with van der Waals surface area (Å²) in [5, 5.41) is 9.44. The van der Waals surface area contributed by atoms with Gasteiger partial charge >= 0.3 is 5.97 Å².